The number of H-pyrrole nitrogens is 2. The van der Waals surface area contributed by atoms with E-state index in [1.807, 2.05) is 24.3 Å². The second-order valence-electron chi connectivity index (χ2n) is 30.0. The van der Waals surface area contributed by atoms with Gasteiger partial charge in [-0.1, -0.05) is 84.4 Å². The molecule has 2 aromatic carbocycles. The van der Waals surface area contributed by atoms with Crippen LogP contribution >= 0.6 is 0 Å². The van der Waals surface area contributed by atoms with E-state index < -0.39 is 212 Å². The molecule has 40 heteroatoms. The SMILES string of the molecule is CC[C@H](C)[C@H](NC(=O)[C@@H](N)Cc1c[nH]c2ccccc12)C(=O)N[C@@H](CCCN=C(N)N)C(=O)N[C@@H](CCC(N)=O)C(=O)N1CCC[C@H]1C(=O)N[C@@H](CO)C(=O)NCC(=O)N[C@@H](CCCCN)C(=O)NCC(=O)N[C@@H](CC(C)C)C(=O)N[C@@H](CCC(=O)O)C(=O)N[C@@H](Cc1c[nH]c2ccccc12)C(=O)N[C@@H](CC(C)C)C(=O)N[C@@H](C)C(=O)O. The van der Waals surface area contributed by atoms with Gasteiger partial charge in [0.2, 0.25) is 82.7 Å². The summed E-state index contributed by atoms with van der Waals surface area (Å²) in [6, 6.07) is -2.42. The van der Waals surface area contributed by atoms with Crippen LogP contribution in [0.2, 0.25) is 0 Å². The number of hydrogen-bond acceptors (Lipinski definition) is 20. The molecular formula is C77H117N21O19. The number of aliphatic hydroxyl groups is 1. The number of aliphatic hydroxyl groups excluding tert-OH is 1. The summed E-state index contributed by atoms with van der Waals surface area (Å²) in [4.78, 5) is 230. The van der Waals surface area contributed by atoms with Gasteiger partial charge in [-0.15, -0.1) is 0 Å². The average Bonchev–Trinajstić information content (AvgIpc) is 1.79. The summed E-state index contributed by atoms with van der Waals surface area (Å²) in [5.41, 5.74) is 31.6. The number of rotatable bonds is 51. The molecule has 1 aliphatic heterocycles. The molecule has 2 aromatic heterocycles. The number of primary amides is 1. The Labute approximate surface area is 676 Å². The minimum atomic E-state index is -1.74. The number of aliphatic imine (C=N–C) groups is 1. The maximum atomic E-state index is 14.6. The molecule has 14 amide bonds. The standard InChI is InChI=1S/C77H117N21O19/c1-8-42(6)64(97-65(105)48(79)33-44-35-84-49-19-11-9-17-46(44)49)74(114)92-52(22-15-29-83-77(81)82)68(108)93-54(24-26-60(80)100)75(115)98-30-16-23-59(98)73(113)96-58(39-99)67(107)87-37-61(101)89-51(21-13-14-28-78)66(106)86-38-62(102)90-55(31-40(2)3)71(111)91-53(25-27-63(103)104)69(109)95-57(34-45-36-85-50-20-12-10-18-47(45)50)72(112)94-56(32-41(4)5)70(110)88-43(7)76(116)117/h9-12,17-20,35-36,40-43,48,51-59,64,84-85,99H,8,13-16,21-34,37-39,78-79H2,1-7H3,(H2,80,100)(H,86,106)(H,87,107)(H,88,110)(H,89,101)(H,90,102)(H,91,111)(H,92,114)(H,93,108)(H,94,112)(H,95,109)(H,96,113)(H,97,105)(H,103,104)(H,116,117)(H4,81,82,83)/t42-,43-,48-,51-,52-,53-,54-,55-,56-,57-,58-,59-,64-/m0/s1. The first-order valence-corrected chi connectivity index (χ1v) is 39.3. The Kier molecular flexibility index (Phi) is 39.2. The maximum Gasteiger partial charge on any atom is 0.325 e. The van der Waals surface area contributed by atoms with Crippen molar-refractivity contribution in [3.63, 3.8) is 0 Å². The molecule has 0 spiro atoms. The third kappa shape index (κ3) is 31.4. The molecule has 0 unspecified atom stereocenters. The third-order valence-electron chi connectivity index (χ3n) is 19.7. The fourth-order valence-electron chi connectivity index (χ4n) is 13.1. The molecular weight excluding hydrogens is 1520 g/mol. The van der Waals surface area contributed by atoms with E-state index in [1.165, 1.54) is 6.92 Å². The molecule has 0 saturated carbocycles. The zero-order valence-corrected chi connectivity index (χ0v) is 67.1. The summed E-state index contributed by atoms with van der Waals surface area (Å²) >= 11 is 0. The lowest BCUT2D eigenvalue weighted by molar-refractivity contribution is -0.143. The third-order valence-corrected chi connectivity index (χ3v) is 19.7. The number of likely N-dealkylation sites (tertiary alicyclic amines) is 1. The van der Waals surface area contributed by atoms with Gasteiger partial charge in [-0.25, -0.2) is 0 Å². The number of nitrogens with zero attached hydrogens (tertiary/aromatic N) is 2. The Morgan fingerprint density at radius 3 is 1.56 bits per heavy atom. The summed E-state index contributed by atoms with van der Waals surface area (Å²) in [5.74, 6) is -16.5. The number of nitrogens with two attached hydrogens (primary N) is 5. The number of carboxylic acid groups (broad SMARTS) is 2. The molecule has 117 heavy (non-hydrogen) atoms. The van der Waals surface area contributed by atoms with Gasteiger partial charge in [0.1, 0.15) is 66.5 Å². The van der Waals surface area contributed by atoms with Crippen LogP contribution in [0, 0.1) is 17.8 Å². The Morgan fingerprint density at radius 2 is 1.01 bits per heavy atom. The van der Waals surface area contributed by atoms with Crippen molar-refractivity contribution in [2.45, 2.75) is 224 Å². The largest absolute Gasteiger partial charge is 0.481 e. The van der Waals surface area contributed by atoms with Gasteiger partial charge in [0.05, 0.1) is 25.7 Å². The average molecular weight is 1640 g/mol. The summed E-state index contributed by atoms with van der Waals surface area (Å²) in [6.07, 6.45) is 2.47. The lowest BCUT2D eigenvalue weighted by Gasteiger charge is -2.31. The first-order valence-electron chi connectivity index (χ1n) is 39.3. The molecule has 0 aliphatic carbocycles. The van der Waals surface area contributed by atoms with Crippen molar-refractivity contribution in [3.8, 4) is 0 Å². The first-order chi connectivity index (χ1) is 55.4. The number of carbonyl (C=O) groups excluding carboxylic acids is 14. The number of benzene rings is 2. The summed E-state index contributed by atoms with van der Waals surface area (Å²) in [7, 11) is 0. The predicted octanol–water partition coefficient (Wildman–Crippen LogP) is -3.62. The molecule has 1 saturated heterocycles. The number of nitrogens with one attached hydrogen (secondary N) is 14. The molecule has 1 aliphatic rings. The molecule has 40 nitrogen and oxygen atoms in total. The van der Waals surface area contributed by atoms with Gasteiger partial charge in [-0.05, 0) is 132 Å². The van der Waals surface area contributed by atoms with Crippen LogP contribution in [0.5, 0.6) is 0 Å². The molecule has 3 heterocycles. The molecule has 1 fully saturated rings. The van der Waals surface area contributed by atoms with Gasteiger partial charge in [0.15, 0.2) is 5.96 Å². The Bertz CT molecular complexity index is 4140. The van der Waals surface area contributed by atoms with Crippen LogP contribution in [0.25, 0.3) is 21.8 Å². The molecule has 0 radical (unpaired) electrons. The van der Waals surface area contributed by atoms with E-state index in [9.17, 15) is 92.0 Å². The predicted molar refractivity (Wildman–Crippen MR) is 429 cm³/mol. The number of fused-ring (bicyclic) bond motifs is 2. The number of amides is 14. The zero-order chi connectivity index (χ0) is 86.8. The number of para-hydroxylation sites is 2. The van der Waals surface area contributed by atoms with E-state index in [0.717, 1.165) is 21.4 Å². The monoisotopic (exact) mass is 1640 g/mol. The number of guanidine groups is 1. The van der Waals surface area contributed by atoms with Crippen LogP contribution in [0.3, 0.4) is 0 Å². The number of unbranched alkanes of at least 4 members (excludes halogenated alkanes) is 1. The number of carbonyl (C=O) groups is 16. The fourth-order valence-corrected chi connectivity index (χ4v) is 13.1. The topological polar surface area (TPSA) is 655 Å². The molecule has 4 aromatic rings. The Morgan fingerprint density at radius 1 is 0.530 bits per heavy atom. The van der Waals surface area contributed by atoms with E-state index in [4.69, 9.17) is 28.7 Å². The summed E-state index contributed by atoms with van der Waals surface area (Å²) < 4.78 is 0. The molecule has 644 valence electrons. The smallest absolute Gasteiger partial charge is 0.325 e. The summed E-state index contributed by atoms with van der Waals surface area (Å²) in [6.45, 7) is 9.16. The Hall–Kier alpha value is -11.8. The van der Waals surface area contributed by atoms with Crippen LogP contribution in [0.1, 0.15) is 149 Å². The van der Waals surface area contributed by atoms with Crippen molar-refractivity contribution in [1.82, 2.24) is 78.7 Å². The van der Waals surface area contributed by atoms with Crippen molar-refractivity contribution in [2.24, 2.45) is 51.4 Å². The van der Waals surface area contributed by atoms with Crippen LogP contribution in [0.4, 0.5) is 0 Å². The fraction of sp³-hybridized carbons (Fsp3) is 0.571. The highest BCUT2D eigenvalue weighted by Gasteiger charge is 2.41. The van der Waals surface area contributed by atoms with E-state index >= 15 is 0 Å². The number of carboxylic acids is 2. The highest BCUT2D eigenvalue weighted by atomic mass is 16.4. The van der Waals surface area contributed by atoms with Crippen LogP contribution in [-0.4, -0.2) is 243 Å². The van der Waals surface area contributed by atoms with E-state index in [2.05, 4.69) is 78.8 Å². The number of hydrogen-bond donors (Lipinski definition) is 22. The lowest BCUT2D eigenvalue weighted by atomic mass is 9.96. The zero-order valence-electron chi connectivity index (χ0n) is 67.1. The Balaban J connectivity index is 1.23. The lowest BCUT2D eigenvalue weighted by Crippen LogP contribution is -2.60. The first kappa shape index (κ1) is 95.8. The number of aromatic amines is 2. The van der Waals surface area contributed by atoms with E-state index in [0.29, 0.717) is 29.3 Å². The normalized spacial score (nSPS) is 15.7. The summed E-state index contributed by atoms with van der Waals surface area (Å²) in [5, 5.41) is 61.5. The van der Waals surface area contributed by atoms with Crippen molar-refractivity contribution in [3.05, 3.63) is 72.1 Å². The maximum absolute atomic E-state index is 14.6. The molecule has 5 rings (SSSR count). The van der Waals surface area contributed by atoms with Crippen LogP contribution in [-0.2, 0) is 89.6 Å². The van der Waals surface area contributed by atoms with Crippen molar-refractivity contribution in [1.29, 1.82) is 0 Å². The second-order valence-corrected chi connectivity index (χ2v) is 30.0. The van der Waals surface area contributed by atoms with Gasteiger partial charge >= 0.3 is 11.9 Å². The van der Waals surface area contributed by atoms with Crippen molar-refractivity contribution < 1.29 is 92.0 Å². The highest BCUT2D eigenvalue weighted by Crippen LogP contribution is 2.24. The van der Waals surface area contributed by atoms with Crippen molar-refractivity contribution >= 4 is 122 Å². The number of aliphatic carboxylic acids is 2. The number of aromatic nitrogens is 2. The quantitative estimate of drug-likeness (QED) is 0.0115. The van der Waals surface area contributed by atoms with Gasteiger partial charge < -0.3 is 123 Å². The van der Waals surface area contributed by atoms with E-state index in [-0.39, 0.29) is 108 Å². The van der Waals surface area contributed by atoms with Crippen LogP contribution < -0.4 is 92.5 Å². The van der Waals surface area contributed by atoms with Gasteiger partial charge in [0.25, 0.3) is 0 Å². The van der Waals surface area contributed by atoms with Crippen molar-refractivity contribution in [2.75, 3.05) is 39.3 Å². The van der Waals surface area contributed by atoms with Crippen LogP contribution in [0.15, 0.2) is 65.9 Å². The van der Waals surface area contributed by atoms with Gasteiger partial charge in [-0.2, -0.15) is 0 Å². The molecule has 13 atom stereocenters. The minimum absolute atomic E-state index is 0.00872. The van der Waals surface area contributed by atoms with E-state index in [1.54, 1.807) is 78.2 Å². The molecule has 0 bridgehead atoms. The minimum Gasteiger partial charge on any atom is -0.481 e. The van der Waals surface area contributed by atoms with Gasteiger partial charge in [0, 0.05) is 66.6 Å². The molecule has 27 N–H and O–H groups in total. The van der Waals surface area contributed by atoms with Gasteiger partial charge in [-0.3, -0.25) is 81.7 Å². The highest BCUT2D eigenvalue weighted by molar-refractivity contribution is 6.00. The second kappa shape index (κ2) is 47.9.